The lowest BCUT2D eigenvalue weighted by molar-refractivity contribution is 0.328. The molecule has 0 fully saturated rings. The third-order valence-electron chi connectivity index (χ3n) is 3.19. The zero-order chi connectivity index (χ0) is 14.7. The first-order valence-corrected chi connectivity index (χ1v) is 6.94. The van der Waals surface area contributed by atoms with Crippen molar-refractivity contribution in [1.29, 1.82) is 0 Å². The molecule has 1 heterocycles. The van der Waals surface area contributed by atoms with Crippen molar-refractivity contribution in [3.8, 4) is 11.5 Å². The van der Waals surface area contributed by atoms with E-state index in [0.29, 0.717) is 26.3 Å². The summed E-state index contributed by atoms with van der Waals surface area (Å²) in [4.78, 5) is 0. The minimum Gasteiger partial charge on any atom is -0.492 e. The summed E-state index contributed by atoms with van der Waals surface area (Å²) in [6.07, 6.45) is 0. The fraction of sp³-hybridized carbons (Fsp3) is 0.250. The van der Waals surface area contributed by atoms with Crippen LogP contribution in [0.3, 0.4) is 0 Å². The summed E-state index contributed by atoms with van der Waals surface area (Å²) >= 11 is 0. The highest BCUT2D eigenvalue weighted by atomic mass is 16.5. The largest absolute Gasteiger partial charge is 0.492 e. The Hall–Kier alpha value is -2.24. The molecule has 110 valence electrons. The molecule has 0 bridgehead atoms. The summed E-state index contributed by atoms with van der Waals surface area (Å²) in [5, 5.41) is 2.05. The first-order valence-electron chi connectivity index (χ1n) is 6.94. The molecule has 0 aliphatic rings. The summed E-state index contributed by atoms with van der Waals surface area (Å²) in [6, 6.07) is 11.5. The lowest BCUT2D eigenvalue weighted by atomic mass is 10.1. The van der Waals surface area contributed by atoms with Crippen molar-refractivity contribution in [3.05, 3.63) is 36.4 Å². The normalized spacial score (nSPS) is 11.1. The average molecular weight is 286 g/mol. The highest BCUT2D eigenvalue weighted by Gasteiger charge is 2.09. The van der Waals surface area contributed by atoms with Gasteiger partial charge < -0.3 is 25.4 Å². The predicted octanol–water partition coefficient (Wildman–Crippen LogP) is 2.26. The van der Waals surface area contributed by atoms with Crippen LogP contribution >= 0.6 is 0 Å². The van der Waals surface area contributed by atoms with Gasteiger partial charge in [0.1, 0.15) is 35.9 Å². The van der Waals surface area contributed by atoms with Crippen LogP contribution in [0.2, 0.25) is 0 Å². The molecule has 1 aromatic heterocycles. The number of benzene rings is 2. The number of ether oxygens (including phenoxy) is 2. The zero-order valence-corrected chi connectivity index (χ0v) is 11.7. The first kappa shape index (κ1) is 13.7. The highest BCUT2D eigenvalue weighted by Crippen LogP contribution is 2.33. The molecule has 0 saturated heterocycles. The van der Waals surface area contributed by atoms with Gasteiger partial charge in [-0.15, -0.1) is 0 Å². The molecule has 5 heteroatoms. The van der Waals surface area contributed by atoms with E-state index in [-0.39, 0.29) is 0 Å². The van der Waals surface area contributed by atoms with E-state index in [2.05, 4.69) is 0 Å². The minimum absolute atomic E-state index is 0.486. The van der Waals surface area contributed by atoms with Crippen LogP contribution in [0.1, 0.15) is 0 Å². The number of fused-ring (bicyclic) bond motifs is 3. The molecule has 3 aromatic rings. The molecule has 3 rings (SSSR count). The molecule has 4 N–H and O–H groups in total. The van der Waals surface area contributed by atoms with Crippen LogP contribution in [0.4, 0.5) is 0 Å². The van der Waals surface area contributed by atoms with Crippen molar-refractivity contribution in [1.82, 2.24) is 0 Å². The molecule has 2 aromatic carbocycles. The summed E-state index contributed by atoms with van der Waals surface area (Å²) in [7, 11) is 0. The van der Waals surface area contributed by atoms with Gasteiger partial charge in [-0.25, -0.2) is 0 Å². The lowest BCUT2D eigenvalue weighted by Gasteiger charge is -2.04. The Bertz CT molecular complexity index is 752. The van der Waals surface area contributed by atoms with E-state index in [1.807, 2.05) is 36.4 Å². The van der Waals surface area contributed by atoms with Crippen LogP contribution in [0.5, 0.6) is 11.5 Å². The standard InChI is InChI=1S/C16H18N2O3/c17-5-7-19-11-2-4-15-14(9-11)13-3-1-12(20-8-6-18)10-16(13)21-15/h1-4,9-10H,5-8,17-18H2. The molecule has 0 atom stereocenters. The summed E-state index contributed by atoms with van der Waals surface area (Å²) in [5.74, 6) is 1.55. The second-order valence-electron chi connectivity index (χ2n) is 4.69. The second-order valence-corrected chi connectivity index (χ2v) is 4.69. The smallest absolute Gasteiger partial charge is 0.139 e. The van der Waals surface area contributed by atoms with Gasteiger partial charge in [0.25, 0.3) is 0 Å². The summed E-state index contributed by atoms with van der Waals surface area (Å²) in [6.45, 7) is 1.97. The molecule has 0 amide bonds. The van der Waals surface area contributed by atoms with E-state index >= 15 is 0 Å². The number of rotatable bonds is 6. The van der Waals surface area contributed by atoms with Crippen molar-refractivity contribution >= 4 is 21.9 Å². The van der Waals surface area contributed by atoms with Gasteiger partial charge in [0.05, 0.1) is 0 Å². The first-order chi connectivity index (χ1) is 10.3. The van der Waals surface area contributed by atoms with Gasteiger partial charge in [0, 0.05) is 29.9 Å². The molecular weight excluding hydrogens is 268 g/mol. The number of nitrogens with two attached hydrogens (primary N) is 2. The van der Waals surface area contributed by atoms with E-state index in [1.165, 1.54) is 0 Å². The van der Waals surface area contributed by atoms with Gasteiger partial charge in [-0.05, 0) is 30.3 Å². The fourth-order valence-electron chi connectivity index (χ4n) is 2.27. The third-order valence-corrected chi connectivity index (χ3v) is 3.19. The predicted molar refractivity (Wildman–Crippen MR) is 82.8 cm³/mol. The molecule has 5 nitrogen and oxygen atoms in total. The lowest BCUT2D eigenvalue weighted by Crippen LogP contribution is -2.10. The second kappa shape index (κ2) is 6.03. The van der Waals surface area contributed by atoms with Crippen LogP contribution < -0.4 is 20.9 Å². The van der Waals surface area contributed by atoms with Crippen LogP contribution in [-0.2, 0) is 0 Å². The maximum Gasteiger partial charge on any atom is 0.139 e. The van der Waals surface area contributed by atoms with Crippen molar-refractivity contribution in [2.24, 2.45) is 11.5 Å². The number of hydrogen-bond donors (Lipinski definition) is 2. The Morgan fingerprint density at radius 3 is 2.14 bits per heavy atom. The van der Waals surface area contributed by atoms with Crippen molar-refractivity contribution < 1.29 is 13.9 Å². The summed E-state index contributed by atoms with van der Waals surface area (Å²) in [5.41, 5.74) is 12.5. The van der Waals surface area contributed by atoms with Crippen LogP contribution in [0.15, 0.2) is 40.8 Å². The molecule has 0 spiro atoms. The van der Waals surface area contributed by atoms with Crippen LogP contribution in [-0.4, -0.2) is 26.3 Å². The molecular formula is C16H18N2O3. The topological polar surface area (TPSA) is 83.6 Å². The fourth-order valence-corrected chi connectivity index (χ4v) is 2.27. The van der Waals surface area contributed by atoms with E-state index in [4.69, 9.17) is 25.4 Å². The van der Waals surface area contributed by atoms with E-state index in [0.717, 1.165) is 33.4 Å². The molecule has 0 unspecified atom stereocenters. The van der Waals surface area contributed by atoms with Crippen LogP contribution in [0.25, 0.3) is 21.9 Å². The third kappa shape index (κ3) is 2.79. The molecule has 0 aliphatic carbocycles. The van der Waals surface area contributed by atoms with Gasteiger partial charge >= 0.3 is 0 Å². The zero-order valence-electron chi connectivity index (χ0n) is 11.7. The Kier molecular flexibility index (Phi) is 3.94. The Labute approximate surface area is 122 Å². The van der Waals surface area contributed by atoms with Gasteiger partial charge in [-0.3, -0.25) is 0 Å². The average Bonchev–Trinajstić information content (AvgIpc) is 2.87. The number of furan rings is 1. The minimum atomic E-state index is 0.486. The number of hydrogen-bond acceptors (Lipinski definition) is 5. The Balaban J connectivity index is 1.99. The Morgan fingerprint density at radius 2 is 1.43 bits per heavy atom. The molecule has 0 saturated carbocycles. The maximum absolute atomic E-state index is 5.84. The molecule has 0 aliphatic heterocycles. The van der Waals surface area contributed by atoms with Gasteiger partial charge in [0.15, 0.2) is 0 Å². The van der Waals surface area contributed by atoms with Gasteiger partial charge in [0.2, 0.25) is 0 Å². The highest BCUT2D eigenvalue weighted by molar-refractivity contribution is 6.05. The van der Waals surface area contributed by atoms with Crippen molar-refractivity contribution in [3.63, 3.8) is 0 Å². The molecule has 21 heavy (non-hydrogen) atoms. The van der Waals surface area contributed by atoms with E-state index < -0.39 is 0 Å². The van der Waals surface area contributed by atoms with E-state index in [1.54, 1.807) is 0 Å². The van der Waals surface area contributed by atoms with E-state index in [9.17, 15) is 0 Å². The van der Waals surface area contributed by atoms with Crippen molar-refractivity contribution in [2.75, 3.05) is 26.3 Å². The molecule has 0 radical (unpaired) electrons. The summed E-state index contributed by atoms with van der Waals surface area (Å²) < 4.78 is 16.9. The van der Waals surface area contributed by atoms with Crippen LogP contribution in [0, 0.1) is 0 Å². The van der Waals surface area contributed by atoms with Gasteiger partial charge in [-0.2, -0.15) is 0 Å². The SMILES string of the molecule is NCCOc1ccc2c(c1)oc1ccc(OCCN)cc12. The van der Waals surface area contributed by atoms with Crippen molar-refractivity contribution in [2.45, 2.75) is 0 Å². The Morgan fingerprint density at radius 1 is 0.762 bits per heavy atom. The van der Waals surface area contributed by atoms with Gasteiger partial charge in [-0.1, -0.05) is 0 Å². The maximum atomic E-state index is 5.84. The quantitative estimate of drug-likeness (QED) is 0.726. The monoisotopic (exact) mass is 286 g/mol.